The van der Waals surface area contributed by atoms with Gasteiger partial charge in [0.2, 0.25) is 0 Å². The fourth-order valence-electron chi connectivity index (χ4n) is 2.87. The van der Waals surface area contributed by atoms with Crippen LogP contribution in [0.3, 0.4) is 0 Å². The Hall–Kier alpha value is -3.03. The lowest BCUT2D eigenvalue weighted by Gasteiger charge is -2.11. The summed E-state index contributed by atoms with van der Waals surface area (Å²) in [5, 5.41) is 9.06. The largest absolute Gasteiger partial charge is 0.331 e. The fraction of sp³-hybridized carbons (Fsp3) is 0.0870. The lowest BCUT2D eigenvalue weighted by Crippen LogP contribution is -2.12. The van der Waals surface area contributed by atoms with Crippen LogP contribution in [-0.4, -0.2) is 15.9 Å². The fourth-order valence-corrected chi connectivity index (χ4v) is 3.98. The molecule has 0 fully saturated rings. The van der Waals surface area contributed by atoms with Gasteiger partial charge in [0.15, 0.2) is 5.13 Å². The van der Waals surface area contributed by atoms with Gasteiger partial charge >= 0.3 is 0 Å². The highest BCUT2D eigenvalue weighted by Gasteiger charge is 2.11. The highest BCUT2D eigenvalue weighted by molar-refractivity contribution is 9.10. The molecule has 30 heavy (non-hydrogen) atoms. The van der Waals surface area contributed by atoms with Gasteiger partial charge in [0.05, 0.1) is 5.69 Å². The number of amides is 1. The predicted octanol–water partition coefficient (Wildman–Crippen LogP) is 6.58. The number of nitrogens with one attached hydrogen (secondary N) is 2. The molecular formula is C23H19BrN4OS. The smallest absolute Gasteiger partial charge is 0.255 e. The SMILES string of the molecule is Cc1ccc(NC(=O)c2ccc(C)c(Nc3nc(-c4ccncc4)cs3)c2)cc1Br. The maximum Gasteiger partial charge on any atom is 0.255 e. The number of halogens is 1. The van der Waals surface area contributed by atoms with E-state index in [1.807, 2.05) is 67.8 Å². The summed E-state index contributed by atoms with van der Waals surface area (Å²) in [6.45, 7) is 4.00. The third-order valence-electron chi connectivity index (χ3n) is 4.65. The number of aromatic nitrogens is 2. The van der Waals surface area contributed by atoms with Crippen LogP contribution in [0.15, 0.2) is 70.8 Å². The lowest BCUT2D eigenvalue weighted by atomic mass is 10.1. The molecule has 1 amide bonds. The zero-order valence-electron chi connectivity index (χ0n) is 16.4. The summed E-state index contributed by atoms with van der Waals surface area (Å²) in [6, 6.07) is 15.2. The number of nitrogens with zero attached hydrogens (tertiary/aromatic N) is 2. The molecule has 0 aliphatic rings. The van der Waals surface area contributed by atoms with Crippen LogP contribution in [0.4, 0.5) is 16.5 Å². The molecule has 0 aliphatic carbocycles. The van der Waals surface area contributed by atoms with Gasteiger partial charge in [0.1, 0.15) is 0 Å². The molecule has 4 aromatic rings. The maximum absolute atomic E-state index is 12.7. The molecule has 0 aliphatic heterocycles. The van der Waals surface area contributed by atoms with E-state index in [0.29, 0.717) is 5.56 Å². The third-order valence-corrected chi connectivity index (χ3v) is 6.26. The molecule has 2 heterocycles. The molecule has 2 aromatic carbocycles. The van der Waals surface area contributed by atoms with Gasteiger partial charge in [-0.1, -0.05) is 28.1 Å². The Labute approximate surface area is 187 Å². The Bertz CT molecular complexity index is 1210. The molecule has 2 N–H and O–H groups in total. The highest BCUT2D eigenvalue weighted by atomic mass is 79.9. The van der Waals surface area contributed by atoms with E-state index in [1.54, 1.807) is 12.4 Å². The number of hydrogen-bond acceptors (Lipinski definition) is 5. The first-order valence-corrected chi connectivity index (χ1v) is 11.0. The van der Waals surface area contributed by atoms with Crippen LogP contribution in [-0.2, 0) is 0 Å². The van der Waals surface area contributed by atoms with Crippen LogP contribution in [0, 0.1) is 13.8 Å². The Balaban J connectivity index is 1.52. The van der Waals surface area contributed by atoms with Crippen molar-refractivity contribution in [3.05, 3.63) is 87.5 Å². The van der Waals surface area contributed by atoms with E-state index >= 15 is 0 Å². The van der Waals surface area contributed by atoms with Crippen molar-refractivity contribution in [2.45, 2.75) is 13.8 Å². The molecule has 0 radical (unpaired) electrons. The summed E-state index contributed by atoms with van der Waals surface area (Å²) in [5.74, 6) is -0.162. The second-order valence-electron chi connectivity index (χ2n) is 6.85. The van der Waals surface area contributed by atoms with Crippen LogP contribution >= 0.6 is 27.3 Å². The first kappa shape index (κ1) is 20.3. The number of hydrogen-bond donors (Lipinski definition) is 2. The van der Waals surface area contributed by atoms with Gasteiger partial charge in [0, 0.05) is 44.7 Å². The topological polar surface area (TPSA) is 66.9 Å². The van der Waals surface area contributed by atoms with Gasteiger partial charge in [-0.15, -0.1) is 11.3 Å². The summed E-state index contributed by atoms with van der Waals surface area (Å²) in [5.41, 5.74) is 6.23. The average Bonchev–Trinajstić information content (AvgIpc) is 3.21. The van der Waals surface area contributed by atoms with Gasteiger partial charge in [-0.25, -0.2) is 4.98 Å². The van der Waals surface area contributed by atoms with Gasteiger partial charge in [0.25, 0.3) is 5.91 Å². The van der Waals surface area contributed by atoms with E-state index in [0.717, 1.165) is 43.4 Å². The summed E-state index contributed by atoms with van der Waals surface area (Å²) in [7, 11) is 0. The molecule has 0 saturated carbocycles. The number of anilines is 3. The monoisotopic (exact) mass is 478 g/mol. The molecule has 0 spiro atoms. The summed E-state index contributed by atoms with van der Waals surface area (Å²) < 4.78 is 0.959. The number of benzene rings is 2. The van der Waals surface area contributed by atoms with Crippen LogP contribution in [0.2, 0.25) is 0 Å². The van der Waals surface area contributed by atoms with E-state index in [4.69, 9.17) is 0 Å². The highest BCUT2D eigenvalue weighted by Crippen LogP contribution is 2.29. The van der Waals surface area contributed by atoms with Crippen LogP contribution < -0.4 is 10.6 Å². The van der Waals surface area contributed by atoms with Crippen molar-refractivity contribution in [2.24, 2.45) is 0 Å². The predicted molar refractivity (Wildman–Crippen MR) is 127 cm³/mol. The maximum atomic E-state index is 12.7. The van der Waals surface area contributed by atoms with Crippen molar-refractivity contribution in [1.82, 2.24) is 9.97 Å². The Kier molecular flexibility index (Phi) is 5.92. The second-order valence-corrected chi connectivity index (χ2v) is 8.56. The minimum absolute atomic E-state index is 0.162. The van der Waals surface area contributed by atoms with Crippen molar-refractivity contribution in [2.75, 3.05) is 10.6 Å². The van der Waals surface area contributed by atoms with Gasteiger partial charge in [-0.3, -0.25) is 9.78 Å². The quantitative estimate of drug-likeness (QED) is 0.339. The minimum atomic E-state index is -0.162. The number of carbonyl (C=O) groups is 1. The van der Waals surface area contributed by atoms with Gasteiger partial charge < -0.3 is 10.6 Å². The van der Waals surface area contributed by atoms with E-state index in [2.05, 4.69) is 36.5 Å². The Morgan fingerprint density at radius 2 is 1.77 bits per heavy atom. The molecule has 7 heteroatoms. The number of rotatable bonds is 5. The minimum Gasteiger partial charge on any atom is -0.331 e. The Morgan fingerprint density at radius 1 is 1.00 bits per heavy atom. The summed E-state index contributed by atoms with van der Waals surface area (Å²) >= 11 is 5.02. The standard InChI is InChI=1S/C23H19BrN4OS/c1-14-4-6-18(12-19(14)24)26-22(29)17-5-3-15(2)20(11-17)27-23-28-21(13-30-23)16-7-9-25-10-8-16/h3-13H,1-2H3,(H,26,29)(H,27,28). The molecule has 4 rings (SSSR count). The summed E-state index contributed by atoms with van der Waals surface area (Å²) in [4.78, 5) is 21.4. The third kappa shape index (κ3) is 4.58. The molecule has 0 atom stereocenters. The van der Waals surface area contributed by atoms with E-state index in [9.17, 15) is 4.79 Å². The first-order chi connectivity index (χ1) is 14.5. The van der Waals surface area contributed by atoms with Crippen molar-refractivity contribution in [3.63, 3.8) is 0 Å². The van der Waals surface area contributed by atoms with E-state index < -0.39 is 0 Å². The molecule has 2 aromatic heterocycles. The van der Waals surface area contributed by atoms with E-state index in [-0.39, 0.29) is 5.91 Å². The number of thiazole rings is 1. The number of aryl methyl sites for hydroxylation is 2. The van der Waals surface area contributed by atoms with Crippen LogP contribution in [0.5, 0.6) is 0 Å². The Morgan fingerprint density at radius 3 is 2.53 bits per heavy atom. The van der Waals surface area contributed by atoms with Crippen LogP contribution in [0.1, 0.15) is 21.5 Å². The van der Waals surface area contributed by atoms with Crippen molar-refractivity contribution in [1.29, 1.82) is 0 Å². The molecule has 0 bridgehead atoms. The van der Waals surface area contributed by atoms with Crippen LogP contribution in [0.25, 0.3) is 11.3 Å². The molecular weight excluding hydrogens is 460 g/mol. The van der Waals surface area contributed by atoms with Gasteiger partial charge in [-0.05, 0) is 61.4 Å². The average molecular weight is 479 g/mol. The van der Waals surface area contributed by atoms with Crippen molar-refractivity contribution >= 4 is 49.7 Å². The zero-order chi connectivity index (χ0) is 21.1. The zero-order valence-corrected chi connectivity index (χ0v) is 18.8. The molecule has 0 saturated heterocycles. The molecule has 150 valence electrons. The molecule has 5 nitrogen and oxygen atoms in total. The van der Waals surface area contributed by atoms with Crippen molar-refractivity contribution < 1.29 is 4.79 Å². The number of pyridine rings is 1. The summed E-state index contributed by atoms with van der Waals surface area (Å²) in [6.07, 6.45) is 3.50. The number of carbonyl (C=O) groups excluding carboxylic acids is 1. The van der Waals surface area contributed by atoms with E-state index in [1.165, 1.54) is 11.3 Å². The van der Waals surface area contributed by atoms with Crippen molar-refractivity contribution in [3.8, 4) is 11.3 Å². The van der Waals surface area contributed by atoms with Gasteiger partial charge in [-0.2, -0.15) is 0 Å². The lowest BCUT2D eigenvalue weighted by molar-refractivity contribution is 0.102. The first-order valence-electron chi connectivity index (χ1n) is 9.31. The molecule has 0 unspecified atom stereocenters. The normalized spacial score (nSPS) is 10.6. The second kappa shape index (κ2) is 8.77.